The number of ether oxygens (including phenoxy) is 1. The van der Waals surface area contributed by atoms with Gasteiger partial charge in [-0.15, -0.1) is 0 Å². The number of rotatable bonds is 1. The van der Waals surface area contributed by atoms with Gasteiger partial charge in [-0.1, -0.05) is 51.4 Å². The van der Waals surface area contributed by atoms with Crippen molar-refractivity contribution in [2.75, 3.05) is 6.61 Å². The Morgan fingerprint density at radius 3 is 1.50 bits per heavy atom. The molecule has 2 fully saturated rings. The van der Waals surface area contributed by atoms with Gasteiger partial charge in [-0.25, -0.2) is 0 Å². The number of hydrogen-bond acceptors (Lipinski definition) is 1. The molecule has 1 atom stereocenters. The first-order chi connectivity index (χ1) is 6.97. The highest BCUT2D eigenvalue weighted by atomic mass is 16.6. The molecule has 0 N–H and O–H groups in total. The lowest BCUT2D eigenvalue weighted by molar-refractivity contribution is 0.291. The summed E-state index contributed by atoms with van der Waals surface area (Å²) < 4.78 is 5.45. The Morgan fingerprint density at radius 1 is 0.643 bits per heavy atom. The SMILES string of the molecule is C1CCCCCC([C@@H]2CO2)CCCC1. The highest BCUT2D eigenvalue weighted by Gasteiger charge is 2.31. The fourth-order valence-electron chi connectivity index (χ4n) is 2.72. The van der Waals surface area contributed by atoms with Crippen LogP contribution in [0.3, 0.4) is 0 Å². The van der Waals surface area contributed by atoms with Crippen LogP contribution < -0.4 is 0 Å². The Labute approximate surface area is 88.2 Å². The van der Waals surface area contributed by atoms with Crippen LogP contribution in [0.2, 0.25) is 0 Å². The van der Waals surface area contributed by atoms with E-state index < -0.39 is 0 Å². The van der Waals surface area contributed by atoms with Crippen LogP contribution >= 0.6 is 0 Å². The molecular formula is C13H24O. The average Bonchev–Trinajstić information content (AvgIpc) is 3.01. The monoisotopic (exact) mass is 196 g/mol. The molecule has 0 amide bonds. The summed E-state index contributed by atoms with van der Waals surface area (Å²) in [6.45, 7) is 1.06. The predicted octanol–water partition coefficient (Wildman–Crippen LogP) is 3.92. The Hall–Kier alpha value is -0.0400. The van der Waals surface area contributed by atoms with E-state index in [2.05, 4.69) is 0 Å². The largest absolute Gasteiger partial charge is 0.373 e. The molecule has 1 nitrogen and oxygen atoms in total. The van der Waals surface area contributed by atoms with E-state index in [9.17, 15) is 0 Å². The van der Waals surface area contributed by atoms with Crippen LogP contribution in [0.15, 0.2) is 0 Å². The molecule has 0 radical (unpaired) electrons. The van der Waals surface area contributed by atoms with Gasteiger partial charge in [0.05, 0.1) is 12.7 Å². The van der Waals surface area contributed by atoms with Crippen LogP contribution in [-0.4, -0.2) is 12.7 Å². The molecule has 1 heteroatoms. The smallest absolute Gasteiger partial charge is 0.0838 e. The van der Waals surface area contributed by atoms with Gasteiger partial charge < -0.3 is 4.74 Å². The fourth-order valence-corrected chi connectivity index (χ4v) is 2.72. The predicted molar refractivity (Wildman–Crippen MR) is 59.4 cm³/mol. The highest BCUT2D eigenvalue weighted by Crippen LogP contribution is 2.30. The van der Waals surface area contributed by atoms with Gasteiger partial charge in [-0.3, -0.25) is 0 Å². The van der Waals surface area contributed by atoms with E-state index in [1.54, 1.807) is 0 Å². The molecule has 1 saturated carbocycles. The average molecular weight is 196 g/mol. The minimum atomic E-state index is 0.663. The summed E-state index contributed by atoms with van der Waals surface area (Å²) in [6, 6.07) is 0. The second-order valence-electron chi connectivity index (χ2n) is 5.04. The van der Waals surface area contributed by atoms with Gasteiger partial charge in [0, 0.05) is 0 Å². The summed E-state index contributed by atoms with van der Waals surface area (Å²) in [5.74, 6) is 0.910. The van der Waals surface area contributed by atoms with E-state index in [0.717, 1.165) is 12.5 Å². The molecule has 0 aromatic rings. The molecule has 0 aromatic heterocycles. The number of epoxide rings is 1. The lowest BCUT2D eigenvalue weighted by atomic mass is 9.93. The zero-order valence-electron chi connectivity index (χ0n) is 9.34. The lowest BCUT2D eigenvalue weighted by Crippen LogP contribution is -2.08. The molecule has 1 saturated heterocycles. The Morgan fingerprint density at radius 2 is 1.07 bits per heavy atom. The molecule has 14 heavy (non-hydrogen) atoms. The van der Waals surface area contributed by atoms with E-state index in [1.807, 2.05) is 0 Å². The van der Waals surface area contributed by atoms with Gasteiger partial charge in [0.2, 0.25) is 0 Å². The molecule has 0 aromatic carbocycles. The third-order valence-corrected chi connectivity index (χ3v) is 3.78. The second kappa shape index (κ2) is 5.75. The normalized spacial score (nSPS) is 32.1. The molecule has 1 aliphatic heterocycles. The van der Waals surface area contributed by atoms with Gasteiger partial charge in [-0.05, 0) is 18.8 Å². The third kappa shape index (κ3) is 3.61. The minimum absolute atomic E-state index is 0.663. The minimum Gasteiger partial charge on any atom is -0.373 e. The molecule has 82 valence electrons. The van der Waals surface area contributed by atoms with E-state index in [0.29, 0.717) is 6.10 Å². The van der Waals surface area contributed by atoms with Gasteiger partial charge >= 0.3 is 0 Å². The topological polar surface area (TPSA) is 12.5 Å². The van der Waals surface area contributed by atoms with Crippen LogP contribution in [-0.2, 0) is 4.74 Å². The summed E-state index contributed by atoms with van der Waals surface area (Å²) in [5.41, 5.74) is 0. The van der Waals surface area contributed by atoms with Gasteiger partial charge in [-0.2, -0.15) is 0 Å². The molecule has 1 heterocycles. The summed E-state index contributed by atoms with van der Waals surface area (Å²) >= 11 is 0. The Kier molecular flexibility index (Phi) is 4.30. The molecule has 0 bridgehead atoms. The van der Waals surface area contributed by atoms with Gasteiger partial charge in [0.25, 0.3) is 0 Å². The quantitative estimate of drug-likeness (QED) is 0.579. The van der Waals surface area contributed by atoms with Crippen LogP contribution in [0.25, 0.3) is 0 Å². The van der Waals surface area contributed by atoms with Crippen molar-refractivity contribution in [3.8, 4) is 0 Å². The van der Waals surface area contributed by atoms with Crippen molar-refractivity contribution in [3.05, 3.63) is 0 Å². The maximum atomic E-state index is 5.45. The van der Waals surface area contributed by atoms with Crippen LogP contribution in [0.1, 0.15) is 64.2 Å². The number of hydrogen-bond donors (Lipinski definition) is 0. The Bertz CT molecular complexity index is 139. The molecule has 2 rings (SSSR count). The van der Waals surface area contributed by atoms with E-state index >= 15 is 0 Å². The van der Waals surface area contributed by atoms with Crippen LogP contribution in [0, 0.1) is 5.92 Å². The molecule has 0 unspecified atom stereocenters. The van der Waals surface area contributed by atoms with E-state index in [1.165, 1.54) is 64.2 Å². The zero-order valence-corrected chi connectivity index (χ0v) is 9.34. The zero-order chi connectivity index (χ0) is 9.64. The maximum absolute atomic E-state index is 5.45. The van der Waals surface area contributed by atoms with Gasteiger partial charge in [0.1, 0.15) is 0 Å². The molecule has 1 aliphatic carbocycles. The van der Waals surface area contributed by atoms with Crippen molar-refractivity contribution in [1.29, 1.82) is 0 Å². The summed E-state index contributed by atoms with van der Waals surface area (Å²) in [7, 11) is 0. The fraction of sp³-hybridized carbons (Fsp3) is 1.00. The van der Waals surface area contributed by atoms with Crippen molar-refractivity contribution in [2.45, 2.75) is 70.3 Å². The van der Waals surface area contributed by atoms with Crippen molar-refractivity contribution in [1.82, 2.24) is 0 Å². The van der Waals surface area contributed by atoms with Crippen molar-refractivity contribution >= 4 is 0 Å². The highest BCUT2D eigenvalue weighted by molar-refractivity contribution is 4.79. The maximum Gasteiger partial charge on any atom is 0.0838 e. The van der Waals surface area contributed by atoms with Crippen LogP contribution in [0.4, 0.5) is 0 Å². The second-order valence-corrected chi connectivity index (χ2v) is 5.04. The summed E-state index contributed by atoms with van der Waals surface area (Å²) in [4.78, 5) is 0. The molecule has 2 aliphatic rings. The lowest BCUT2D eigenvalue weighted by Gasteiger charge is -2.13. The molecular weight excluding hydrogens is 172 g/mol. The first-order valence-electron chi connectivity index (χ1n) is 6.58. The van der Waals surface area contributed by atoms with E-state index in [-0.39, 0.29) is 0 Å². The first-order valence-corrected chi connectivity index (χ1v) is 6.58. The van der Waals surface area contributed by atoms with Crippen LogP contribution in [0.5, 0.6) is 0 Å². The van der Waals surface area contributed by atoms with Gasteiger partial charge in [0.15, 0.2) is 0 Å². The van der Waals surface area contributed by atoms with Crippen molar-refractivity contribution < 1.29 is 4.74 Å². The first kappa shape index (κ1) is 10.5. The molecule has 0 spiro atoms. The summed E-state index contributed by atoms with van der Waals surface area (Å²) in [6.07, 6.45) is 15.2. The van der Waals surface area contributed by atoms with Crippen molar-refractivity contribution in [2.24, 2.45) is 5.92 Å². The third-order valence-electron chi connectivity index (χ3n) is 3.78. The Balaban J connectivity index is 1.72. The standard InChI is InChI=1S/C13H24O/c1-2-4-6-8-10-12(13-11-14-13)9-7-5-3-1/h12-13H,1-11H2/t13-/m0/s1. The van der Waals surface area contributed by atoms with Crippen molar-refractivity contribution in [3.63, 3.8) is 0 Å². The summed E-state index contributed by atoms with van der Waals surface area (Å²) in [5, 5.41) is 0. The van der Waals surface area contributed by atoms with E-state index in [4.69, 9.17) is 4.74 Å².